The van der Waals surface area contributed by atoms with Gasteiger partial charge in [0.05, 0.1) is 5.69 Å². The number of nitrogen functional groups attached to an aromatic ring is 1. The van der Waals surface area contributed by atoms with Crippen LogP contribution in [0.1, 0.15) is 0 Å². The molecule has 0 radical (unpaired) electrons. The van der Waals surface area contributed by atoms with Crippen molar-refractivity contribution in [2.75, 3.05) is 12.3 Å². The lowest BCUT2D eigenvalue weighted by Gasteiger charge is -2.12. The van der Waals surface area contributed by atoms with Crippen molar-refractivity contribution in [1.29, 1.82) is 0 Å². The van der Waals surface area contributed by atoms with Crippen molar-refractivity contribution in [3.05, 3.63) is 24.0 Å². The van der Waals surface area contributed by atoms with E-state index in [1.807, 2.05) is 0 Å². The Labute approximate surface area is 101 Å². The van der Waals surface area contributed by atoms with Crippen molar-refractivity contribution in [2.45, 2.75) is 17.4 Å². The van der Waals surface area contributed by atoms with Crippen molar-refractivity contribution < 1.29 is 26.7 Å². The van der Waals surface area contributed by atoms with Crippen LogP contribution in [-0.2, 0) is 10.0 Å². The summed E-state index contributed by atoms with van der Waals surface area (Å²) in [6.45, 7) is -0.893. The number of aliphatic hydroxyl groups is 1. The molecule has 1 aromatic rings. The number of anilines is 1. The van der Waals surface area contributed by atoms with E-state index in [-0.39, 0.29) is 0 Å². The zero-order valence-electron chi connectivity index (χ0n) is 8.98. The molecule has 0 aliphatic carbocycles. The summed E-state index contributed by atoms with van der Waals surface area (Å²) in [4.78, 5) is -0.566. The fourth-order valence-electron chi connectivity index (χ4n) is 1.11. The van der Waals surface area contributed by atoms with Gasteiger partial charge in [-0.3, -0.25) is 0 Å². The normalized spacial score (nSPS) is 13.8. The molecule has 0 spiro atoms. The molecule has 0 aromatic heterocycles. The number of para-hydroxylation sites is 1. The lowest BCUT2D eigenvalue weighted by molar-refractivity contribution is -0.000450. The van der Waals surface area contributed by atoms with Gasteiger partial charge in [-0.15, -0.1) is 0 Å². The second-order valence-electron chi connectivity index (χ2n) is 3.41. The maximum Gasteiger partial charge on any atom is 0.265 e. The van der Waals surface area contributed by atoms with E-state index in [0.29, 0.717) is 0 Å². The lowest BCUT2D eigenvalue weighted by atomic mass is 10.3. The van der Waals surface area contributed by atoms with Gasteiger partial charge < -0.3 is 10.8 Å². The Morgan fingerprint density at radius 1 is 1.39 bits per heavy atom. The molecule has 9 heteroatoms. The van der Waals surface area contributed by atoms with Gasteiger partial charge in [0.1, 0.15) is 16.8 Å². The number of benzene rings is 1. The third-order valence-electron chi connectivity index (χ3n) is 2.08. The van der Waals surface area contributed by atoms with Crippen LogP contribution in [0.15, 0.2) is 23.1 Å². The summed E-state index contributed by atoms with van der Waals surface area (Å²) < 4.78 is 62.0. The first kappa shape index (κ1) is 14.7. The molecule has 0 saturated carbocycles. The van der Waals surface area contributed by atoms with Crippen LogP contribution in [0.25, 0.3) is 0 Å². The minimum Gasteiger partial charge on any atom is -0.395 e. The standard InChI is InChI=1S/C9H11F3N2O3S/c10-5-2-1-3-7(8(5)13)18(16,17)14-4-6(15)9(11)12/h1-3,6,9,14-15H,4,13H2. The number of alkyl halides is 2. The topological polar surface area (TPSA) is 92.4 Å². The molecule has 0 amide bonds. The lowest BCUT2D eigenvalue weighted by Crippen LogP contribution is -2.36. The van der Waals surface area contributed by atoms with E-state index in [1.54, 1.807) is 4.72 Å². The summed E-state index contributed by atoms with van der Waals surface area (Å²) >= 11 is 0. The molecule has 1 rings (SSSR count). The number of aliphatic hydroxyl groups excluding tert-OH is 1. The minimum atomic E-state index is -4.25. The van der Waals surface area contributed by atoms with Crippen molar-refractivity contribution in [3.8, 4) is 0 Å². The summed E-state index contributed by atoms with van der Waals surface area (Å²) in [7, 11) is -4.25. The highest BCUT2D eigenvalue weighted by atomic mass is 32.2. The first-order valence-electron chi connectivity index (χ1n) is 4.75. The molecule has 0 fully saturated rings. The van der Waals surface area contributed by atoms with Gasteiger partial charge in [0.2, 0.25) is 10.0 Å². The van der Waals surface area contributed by atoms with Gasteiger partial charge in [-0.1, -0.05) is 6.07 Å². The Morgan fingerprint density at radius 3 is 2.56 bits per heavy atom. The predicted molar refractivity (Wildman–Crippen MR) is 58.0 cm³/mol. The average molecular weight is 284 g/mol. The van der Waals surface area contributed by atoms with Crippen LogP contribution >= 0.6 is 0 Å². The molecule has 5 nitrogen and oxygen atoms in total. The number of halogens is 3. The highest BCUT2D eigenvalue weighted by Crippen LogP contribution is 2.20. The molecule has 1 aromatic carbocycles. The van der Waals surface area contributed by atoms with Crippen LogP contribution in [0.2, 0.25) is 0 Å². The summed E-state index contributed by atoms with van der Waals surface area (Å²) in [5, 5.41) is 8.78. The van der Waals surface area contributed by atoms with Gasteiger partial charge >= 0.3 is 0 Å². The van der Waals surface area contributed by atoms with Gasteiger partial charge in [-0.05, 0) is 12.1 Å². The van der Waals surface area contributed by atoms with E-state index >= 15 is 0 Å². The maximum absolute atomic E-state index is 13.1. The molecule has 1 atom stereocenters. The SMILES string of the molecule is Nc1c(F)cccc1S(=O)(=O)NCC(O)C(F)F. The number of nitrogens with two attached hydrogens (primary N) is 1. The Bertz CT molecular complexity index is 522. The Kier molecular flexibility index (Phi) is 4.54. The highest BCUT2D eigenvalue weighted by molar-refractivity contribution is 7.89. The Hall–Kier alpha value is -1.32. The van der Waals surface area contributed by atoms with Gasteiger partial charge in [0.25, 0.3) is 6.43 Å². The van der Waals surface area contributed by atoms with Gasteiger partial charge in [0.15, 0.2) is 0 Å². The largest absolute Gasteiger partial charge is 0.395 e. The van der Waals surface area contributed by atoms with Crippen molar-refractivity contribution >= 4 is 15.7 Å². The third-order valence-corrected chi connectivity index (χ3v) is 3.56. The molecule has 0 aliphatic rings. The van der Waals surface area contributed by atoms with Crippen LogP contribution in [0.5, 0.6) is 0 Å². The molecule has 1 unspecified atom stereocenters. The van der Waals surface area contributed by atoms with Gasteiger partial charge in [-0.2, -0.15) is 0 Å². The number of rotatable bonds is 5. The molecule has 0 heterocycles. The van der Waals surface area contributed by atoms with Crippen molar-refractivity contribution in [1.82, 2.24) is 4.72 Å². The predicted octanol–water partition coefficient (Wildman–Crippen LogP) is 0.312. The van der Waals surface area contributed by atoms with E-state index in [1.165, 1.54) is 0 Å². The van der Waals surface area contributed by atoms with Crippen LogP contribution < -0.4 is 10.5 Å². The van der Waals surface area contributed by atoms with Gasteiger partial charge in [0, 0.05) is 6.54 Å². The average Bonchev–Trinajstić information content (AvgIpc) is 2.29. The first-order chi connectivity index (χ1) is 8.25. The first-order valence-corrected chi connectivity index (χ1v) is 6.24. The third kappa shape index (κ3) is 3.34. The second kappa shape index (κ2) is 5.55. The van der Waals surface area contributed by atoms with Crippen LogP contribution in [0.3, 0.4) is 0 Å². The molecule has 102 valence electrons. The maximum atomic E-state index is 13.1. The van der Waals surface area contributed by atoms with Crippen LogP contribution in [0.4, 0.5) is 18.9 Å². The number of hydrogen-bond acceptors (Lipinski definition) is 4. The number of hydrogen-bond donors (Lipinski definition) is 3. The fraction of sp³-hybridized carbons (Fsp3) is 0.333. The molecule has 18 heavy (non-hydrogen) atoms. The number of sulfonamides is 1. The highest BCUT2D eigenvalue weighted by Gasteiger charge is 2.23. The van der Waals surface area contributed by atoms with Crippen LogP contribution in [-0.4, -0.2) is 32.6 Å². The zero-order valence-corrected chi connectivity index (χ0v) is 9.79. The molecule has 4 N–H and O–H groups in total. The summed E-state index contributed by atoms with van der Waals surface area (Å²) in [5.41, 5.74) is 4.62. The number of nitrogens with one attached hydrogen (secondary N) is 1. The van der Waals surface area contributed by atoms with E-state index in [4.69, 9.17) is 10.8 Å². The Balaban J connectivity index is 2.91. The molecule has 0 bridgehead atoms. The molecular weight excluding hydrogens is 273 g/mol. The fourth-order valence-corrected chi connectivity index (χ4v) is 2.30. The van der Waals surface area contributed by atoms with Crippen molar-refractivity contribution in [3.63, 3.8) is 0 Å². The summed E-state index contributed by atoms with van der Waals surface area (Å²) in [6, 6.07) is 3.10. The Morgan fingerprint density at radius 2 is 2.00 bits per heavy atom. The molecule has 0 saturated heterocycles. The van der Waals surface area contributed by atoms with E-state index in [9.17, 15) is 21.6 Å². The van der Waals surface area contributed by atoms with Crippen molar-refractivity contribution in [2.24, 2.45) is 0 Å². The summed E-state index contributed by atoms with van der Waals surface area (Å²) in [6.07, 6.45) is -5.23. The molecular formula is C9H11F3N2O3S. The minimum absolute atomic E-state index is 0.566. The van der Waals surface area contributed by atoms with E-state index < -0.39 is 45.5 Å². The van der Waals surface area contributed by atoms with E-state index in [2.05, 4.69) is 0 Å². The monoisotopic (exact) mass is 284 g/mol. The van der Waals surface area contributed by atoms with Crippen LogP contribution in [0, 0.1) is 5.82 Å². The van der Waals surface area contributed by atoms with E-state index in [0.717, 1.165) is 18.2 Å². The zero-order chi connectivity index (χ0) is 13.9. The molecule has 0 aliphatic heterocycles. The summed E-state index contributed by atoms with van der Waals surface area (Å²) in [5.74, 6) is -0.938. The van der Waals surface area contributed by atoms with Gasteiger partial charge in [-0.25, -0.2) is 26.3 Å². The second-order valence-corrected chi connectivity index (χ2v) is 5.14. The quantitative estimate of drug-likeness (QED) is 0.679. The smallest absolute Gasteiger partial charge is 0.265 e.